The summed E-state index contributed by atoms with van der Waals surface area (Å²) in [6.45, 7) is 0. The van der Waals surface area contributed by atoms with Gasteiger partial charge in [0.1, 0.15) is 5.82 Å². The predicted octanol–water partition coefficient (Wildman–Crippen LogP) is 0.974. The number of pyridine rings is 1. The number of nitrogens with one attached hydrogen (secondary N) is 1. The normalized spacial score (nSPS) is 12.9. The van der Waals surface area contributed by atoms with Crippen LogP contribution in [0.4, 0.5) is 11.5 Å². The second-order valence-electron chi connectivity index (χ2n) is 4.67. The number of aromatic nitrogens is 1. The molecule has 2 heterocycles. The number of hydrogen-bond acceptors (Lipinski definition) is 6. The molecular weight excluding hydrogens is 372 g/mol. The van der Waals surface area contributed by atoms with Crippen LogP contribution in [-0.4, -0.2) is 21.3 Å². The Hall–Kier alpha value is -3.01. The molecule has 2 aromatic rings. The number of hydrogen-bond donors (Lipinski definition) is 2. The van der Waals surface area contributed by atoms with Gasteiger partial charge in [0, 0.05) is 12.1 Å². The lowest BCUT2D eigenvalue weighted by atomic mass is 10.1. The van der Waals surface area contributed by atoms with Crippen LogP contribution in [0.25, 0.3) is 5.69 Å². The maximum absolute atomic E-state index is 12.2. The number of nitro groups is 1. The van der Waals surface area contributed by atoms with E-state index in [-0.39, 0.29) is 32.8 Å². The number of nitrogen functional groups attached to an aromatic ring is 1. The quantitative estimate of drug-likeness (QED) is 0.453. The lowest BCUT2D eigenvalue weighted by Crippen LogP contribution is -2.24. The van der Waals surface area contributed by atoms with Crippen LogP contribution in [0.5, 0.6) is 0 Å². The third-order valence-electron chi connectivity index (χ3n) is 3.34. The van der Waals surface area contributed by atoms with E-state index in [2.05, 4.69) is 15.9 Å². The van der Waals surface area contributed by atoms with Gasteiger partial charge < -0.3 is 5.73 Å². The molecule has 0 aliphatic carbocycles. The third-order valence-corrected chi connectivity index (χ3v) is 4.01. The molecule has 3 N–H and O–H groups in total. The van der Waals surface area contributed by atoms with E-state index < -0.39 is 22.3 Å². The zero-order valence-corrected chi connectivity index (χ0v) is 12.8. The molecule has 3 rings (SSSR count). The molecule has 116 valence electrons. The van der Waals surface area contributed by atoms with Crippen LogP contribution >= 0.6 is 15.9 Å². The number of rotatable bonds is 2. The van der Waals surface area contributed by atoms with Crippen molar-refractivity contribution in [3.05, 3.63) is 60.3 Å². The van der Waals surface area contributed by atoms with E-state index >= 15 is 0 Å². The van der Waals surface area contributed by atoms with E-state index in [0.29, 0.717) is 0 Å². The fraction of sp³-hybridized carbons (Fsp3) is 0. The Morgan fingerprint density at radius 3 is 2.52 bits per heavy atom. The summed E-state index contributed by atoms with van der Waals surface area (Å²) in [7, 11) is 0. The molecule has 0 saturated carbocycles. The lowest BCUT2D eigenvalue weighted by molar-refractivity contribution is -0.385. The molecule has 1 aromatic carbocycles. The molecule has 0 saturated heterocycles. The first-order valence-corrected chi connectivity index (χ1v) is 6.96. The second kappa shape index (κ2) is 5.02. The Kier molecular flexibility index (Phi) is 3.25. The monoisotopic (exact) mass is 378 g/mol. The van der Waals surface area contributed by atoms with Crippen molar-refractivity contribution in [3.8, 4) is 5.69 Å². The van der Waals surface area contributed by atoms with Crippen LogP contribution in [-0.2, 0) is 0 Å². The molecule has 1 aromatic heterocycles. The molecular formula is C13H7BrN4O5. The number of nitro benzene ring substituents is 1. The average Bonchev–Trinajstić information content (AvgIpc) is 2.75. The summed E-state index contributed by atoms with van der Waals surface area (Å²) in [5.74, 6) is -1.68. The summed E-state index contributed by atoms with van der Waals surface area (Å²) < 4.78 is 1.17. The van der Waals surface area contributed by atoms with Crippen molar-refractivity contribution in [3.63, 3.8) is 0 Å². The fourth-order valence-corrected chi connectivity index (χ4v) is 2.72. The van der Waals surface area contributed by atoms with Crippen LogP contribution in [0.3, 0.4) is 0 Å². The van der Waals surface area contributed by atoms with Crippen LogP contribution in [0.1, 0.15) is 20.7 Å². The zero-order chi connectivity index (χ0) is 16.9. The highest BCUT2D eigenvalue weighted by atomic mass is 79.9. The fourth-order valence-electron chi connectivity index (χ4n) is 2.33. The standard InChI is InChI=1S/C13H7BrN4O5/c14-7-2-1-5(3-8(7)18(22)23)17-9(19)4-6-10(11(17)15)13(21)16-12(6)20/h1-4H,15H2,(H,16,20,21). The minimum absolute atomic E-state index is 0.109. The summed E-state index contributed by atoms with van der Waals surface area (Å²) in [6, 6.07) is 4.93. The Labute approximate surface area is 136 Å². The topological polar surface area (TPSA) is 137 Å². The smallest absolute Gasteiger partial charge is 0.285 e. The Balaban J connectivity index is 2.31. The van der Waals surface area contributed by atoms with Gasteiger partial charge in [-0.3, -0.25) is 34.4 Å². The number of nitrogens with zero attached hydrogens (tertiary/aromatic N) is 2. The molecule has 0 unspecified atom stereocenters. The molecule has 23 heavy (non-hydrogen) atoms. The number of amides is 2. The molecule has 0 spiro atoms. The van der Waals surface area contributed by atoms with Gasteiger partial charge in [0.05, 0.1) is 26.2 Å². The van der Waals surface area contributed by atoms with Gasteiger partial charge in [0.2, 0.25) is 0 Å². The number of benzene rings is 1. The van der Waals surface area contributed by atoms with Gasteiger partial charge >= 0.3 is 0 Å². The SMILES string of the molecule is Nc1c2c(cc(=O)n1-c1ccc(Br)c([N+](=O)[O-])c1)C(=O)NC2=O. The first-order chi connectivity index (χ1) is 10.8. The summed E-state index contributed by atoms with van der Waals surface area (Å²) in [6.07, 6.45) is 0. The number of halogens is 1. The molecule has 1 aliphatic heterocycles. The number of anilines is 1. The second-order valence-corrected chi connectivity index (χ2v) is 5.52. The van der Waals surface area contributed by atoms with E-state index in [9.17, 15) is 24.5 Å². The Morgan fingerprint density at radius 2 is 1.87 bits per heavy atom. The van der Waals surface area contributed by atoms with E-state index in [1.807, 2.05) is 5.32 Å². The minimum atomic E-state index is -0.720. The van der Waals surface area contributed by atoms with E-state index in [0.717, 1.165) is 16.7 Å². The highest BCUT2D eigenvalue weighted by Gasteiger charge is 2.32. The summed E-state index contributed by atoms with van der Waals surface area (Å²) in [4.78, 5) is 46.0. The average molecular weight is 379 g/mol. The first kappa shape index (κ1) is 14.9. The molecule has 1 aliphatic rings. The van der Waals surface area contributed by atoms with Crippen molar-refractivity contribution < 1.29 is 14.5 Å². The van der Waals surface area contributed by atoms with Crippen molar-refractivity contribution >= 4 is 39.2 Å². The molecule has 10 heteroatoms. The van der Waals surface area contributed by atoms with Crippen molar-refractivity contribution in [1.29, 1.82) is 0 Å². The van der Waals surface area contributed by atoms with Crippen molar-refractivity contribution in [2.75, 3.05) is 5.73 Å². The van der Waals surface area contributed by atoms with Crippen LogP contribution in [0, 0.1) is 10.1 Å². The zero-order valence-electron chi connectivity index (χ0n) is 11.2. The van der Waals surface area contributed by atoms with Crippen LogP contribution < -0.4 is 16.6 Å². The van der Waals surface area contributed by atoms with E-state index in [1.54, 1.807) is 0 Å². The maximum atomic E-state index is 12.2. The van der Waals surface area contributed by atoms with Crippen molar-refractivity contribution in [2.24, 2.45) is 0 Å². The number of carbonyl (C=O) groups is 2. The first-order valence-electron chi connectivity index (χ1n) is 6.16. The van der Waals surface area contributed by atoms with E-state index in [1.165, 1.54) is 12.1 Å². The van der Waals surface area contributed by atoms with Crippen LogP contribution in [0.15, 0.2) is 33.5 Å². The van der Waals surface area contributed by atoms with Crippen molar-refractivity contribution in [2.45, 2.75) is 0 Å². The largest absolute Gasteiger partial charge is 0.384 e. The number of carbonyl (C=O) groups excluding carboxylic acids is 2. The molecule has 0 radical (unpaired) electrons. The predicted molar refractivity (Wildman–Crippen MR) is 82.6 cm³/mol. The molecule has 0 bridgehead atoms. The van der Waals surface area contributed by atoms with Gasteiger partial charge in [-0.2, -0.15) is 0 Å². The maximum Gasteiger partial charge on any atom is 0.285 e. The number of imide groups is 1. The number of fused-ring (bicyclic) bond motifs is 1. The van der Waals surface area contributed by atoms with Gasteiger partial charge in [-0.05, 0) is 28.1 Å². The van der Waals surface area contributed by atoms with E-state index in [4.69, 9.17) is 5.73 Å². The molecule has 9 nitrogen and oxygen atoms in total. The van der Waals surface area contributed by atoms with Crippen LogP contribution in [0.2, 0.25) is 0 Å². The Morgan fingerprint density at radius 1 is 1.17 bits per heavy atom. The highest BCUT2D eigenvalue weighted by Crippen LogP contribution is 2.29. The molecule has 0 fully saturated rings. The summed E-state index contributed by atoms with van der Waals surface area (Å²) in [5.41, 5.74) is 4.78. The molecule has 0 atom stereocenters. The minimum Gasteiger partial charge on any atom is -0.384 e. The van der Waals surface area contributed by atoms with Gasteiger partial charge in [0.25, 0.3) is 23.1 Å². The van der Waals surface area contributed by atoms with Gasteiger partial charge in [-0.25, -0.2) is 0 Å². The Bertz CT molecular complexity index is 966. The van der Waals surface area contributed by atoms with Crippen molar-refractivity contribution in [1.82, 2.24) is 9.88 Å². The van der Waals surface area contributed by atoms with Gasteiger partial charge in [-0.1, -0.05) is 0 Å². The van der Waals surface area contributed by atoms with Gasteiger partial charge in [0.15, 0.2) is 0 Å². The van der Waals surface area contributed by atoms with Gasteiger partial charge in [-0.15, -0.1) is 0 Å². The summed E-state index contributed by atoms with van der Waals surface area (Å²) >= 11 is 3.04. The lowest BCUT2D eigenvalue weighted by Gasteiger charge is -2.12. The number of nitrogens with two attached hydrogens (primary N) is 1. The summed E-state index contributed by atoms with van der Waals surface area (Å²) in [5, 5.41) is 13.0. The molecule has 2 amide bonds. The highest BCUT2D eigenvalue weighted by molar-refractivity contribution is 9.10. The third kappa shape index (κ3) is 2.19.